The summed E-state index contributed by atoms with van der Waals surface area (Å²) in [6.07, 6.45) is -0.642. The van der Waals surface area contributed by atoms with Crippen molar-refractivity contribution < 1.29 is 19.4 Å². The highest BCUT2D eigenvalue weighted by molar-refractivity contribution is 5.75. The van der Waals surface area contributed by atoms with Crippen molar-refractivity contribution in [3.8, 4) is 0 Å². The van der Waals surface area contributed by atoms with E-state index in [1.165, 1.54) is 0 Å². The number of hydrogen-bond acceptors (Lipinski definition) is 5. The molecule has 0 aliphatic carbocycles. The van der Waals surface area contributed by atoms with E-state index in [0.717, 1.165) is 5.56 Å². The van der Waals surface area contributed by atoms with E-state index in [4.69, 9.17) is 15.2 Å². The quantitative estimate of drug-likeness (QED) is 0.682. The van der Waals surface area contributed by atoms with Crippen LogP contribution in [-0.4, -0.2) is 36.4 Å². The van der Waals surface area contributed by atoms with E-state index in [0.29, 0.717) is 6.61 Å². The van der Waals surface area contributed by atoms with Gasteiger partial charge in [0.05, 0.1) is 25.9 Å². The Morgan fingerprint density at radius 3 is 2.68 bits per heavy atom. The Kier molecular flexibility index (Phi) is 7.10. The van der Waals surface area contributed by atoms with Crippen LogP contribution in [0, 0.1) is 0 Å². The van der Waals surface area contributed by atoms with Gasteiger partial charge < -0.3 is 20.3 Å². The first kappa shape index (κ1) is 15.6. The van der Waals surface area contributed by atoms with Gasteiger partial charge in [-0.15, -0.1) is 0 Å². The minimum absolute atomic E-state index is 0.133. The first-order valence-electron chi connectivity index (χ1n) is 6.35. The number of aliphatic hydroxyl groups is 1. The van der Waals surface area contributed by atoms with Crippen molar-refractivity contribution in [3.63, 3.8) is 0 Å². The van der Waals surface area contributed by atoms with Crippen LogP contribution in [0.1, 0.15) is 18.9 Å². The summed E-state index contributed by atoms with van der Waals surface area (Å²) in [4.78, 5) is 11.3. The maximum Gasteiger partial charge on any atom is 0.322 e. The van der Waals surface area contributed by atoms with Crippen LogP contribution in [0.25, 0.3) is 0 Å². The summed E-state index contributed by atoms with van der Waals surface area (Å²) in [6, 6.07) is 8.84. The fourth-order valence-electron chi connectivity index (χ4n) is 1.59. The fourth-order valence-corrected chi connectivity index (χ4v) is 1.59. The molecule has 1 rings (SSSR count). The molecule has 0 bridgehead atoms. The summed E-state index contributed by atoms with van der Waals surface area (Å²) in [5.41, 5.74) is 6.63. The second-order valence-electron chi connectivity index (χ2n) is 4.25. The van der Waals surface area contributed by atoms with Gasteiger partial charge in [0, 0.05) is 6.42 Å². The van der Waals surface area contributed by atoms with Crippen LogP contribution in [0.2, 0.25) is 0 Å². The second-order valence-corrected chi connectivity index (χ2v) is 4.25. The molecule has 2 unspecified atom stereocenters. The number of aliphatic hydroxyl groups excluding tert-OH is 1. The van der Waals surface area contributed by atoms with E-state index in [-0.39, 0.29) is 19.6 Å². The number of nitrogens with two attached hydrogens (primary N) is 1. The van der Waals surface area contributed by atoms with Crippen LogP contribution < -0.4 is 5.73 Å². The average molecular weight is 267 g/mol. The van der Waals surface area contributed by atoms with Crippen molar-refractivity contribution >= 4 is 5.97 Å². The molecule has 0 amide bonds. The molecule has 1 aromatic rings. The molecular formula is C14H21NO4. The third-order valence-corrected chi connectivity index (χ3v) is 2.54. The van der Waals surface area contributed by atoms with Gasteiger partial charge in [-0.2, -0.15) is 0 Å². The third-order valence-electron chi connectivity index (χ3n) is 2.54. The van der Waals surface area contributed by atoms with Crippen molar-refractivity contribution in [2.45, 2.75) is 32.1 Å². The Labute approximate surface area is 113 Å². The van der Waals surface area contributed by atoms with Crippen LogP contribution >= 0.6 is 0 Å². The lowest BCUT2D eigenvalue weighted by molar-refractivity contribution is -0.145. The fraction of sp³-hybridized carbons (Fsp3) is 0.500. The lowest BCUT2D eigenvalue weighted by Crippen LogP contribution is -2.37. The van der Waals surface area contributed by atoms with Gasteiger partial charge in [-0.05, 0) is 12.5 Å². The third kappa shape index (κ3) is 6.33. The molecule has 0 saturated heterocycles. The molecule has 5 heteroatoms. The molecule has 0 fully saturated rings. The lowest BCUT2D eigenvalue weighted by Gasteiger charge is -2.15. The van der Waals surface area contributed by atoms with E-state index < -0.39 is 18.1 Å². The van der Waals surface area contributed by atoms with E-state index in [9.17, 15) is 9.90 Å². The Balaban J connectivity index is 2.20. The molecule has 2 atom stereocenters. The maximum atomic E-state index is 11.3. The zero-order valence-corrected chi connectivity index (χ0v) is 11.1. The summed E-state index contributed by atoms with van der Waals surface area (Å²) < 4.78 is 10.1. The zero-order valence-electron chi connectivity index (χ0n) is 11.1. The van der Waals surface area contributed by atoms with Gasteiger partial charge in [0.2, 0.25) is 0 Å². The molecule has 19 heavy (non-hydrogen) atoms. The van der Waals surface area contributed by atoms with E-state index in [1.807, 2.05) is 30.3 Å². The first-order chi connectivity index (χ1) is 9.13. The molecular weight excluding hydrogens is 246 g/mol. The Hall–Kier alpha value is -1.43. The Bertz CT molecular complexity index is 369. The molecule has 0 spiro atoms. The van der Waals surface area contributed by atoms with E-state index in [1.54, 1.807) is 6.92 Å². The molecule has 0 saturated carbocycles. The predicted molar refractivity (Wildman–Crippen MR) is 71.3 cm³/mol. The monoisotopic (exact) mass is 267 g/mol. The van der Waals surface area contributed by atoms with Crippen molar-refractivity contribution in [3.05, 3.63) is 35.9 Å². The number of carbonyl (C=O) groups is 1. The first-order valence-corrected chi connectivity index (χ1v) is 6.35. The maximum absolute atomic E-state index is 11.3. The van der Waals surface area contributed by atoms with Gasteiger partial charge in [-0.3, -0.25) is 4.79 Å². The topological polar surface area (TPSA) is 81.8 Å². The Morgan fingerprint density at radius 2 is 2.05 bits per heavy atom. The van der Waals surface area contributed by atoms with Gasteiger partial charge in [0.1, 0.15) is 6.04 Å². The molecule has 0 radical (unpaired) electrons. The molecule has 0 heterocycles. The highest BCUT2D eigenvalue weighted by atomic mass is 16.5. The van der Waals surface area contributed by atoms with Crippen molar-refractivity contribution in [1.82, 2.24) is 0 Å². The largest absolute Gasteiger partial charge is 0.465 e. The van der Waals surface area contributed by atoms with Gasteiger partial charge in [-0.1, -0.05) is 30.3 Å². The zero-order chi connectivity index (χ0) is 14.1. The molecule has 1 aromatic carbocycles. The molecule has 0 aliphatic heterocycles. The normalized spacial score (nSPS) is 13.8. The molecule has 0 aromatic heterocycles. The minimum Gasteiger partial charge on any atom is -0.465 e. The lowest BCUT2D eigenvalue weighted by atomic mass is 10.1. The van der Waals surface area contributed by atoms with Crippen molar-refractivity contribution in [2.24, 2.45) is 5.73 Å². The molecule has 3 N–H and O–H groups in total. The highest BCUT2D eigenvalue weighted by Gasteiger charge is 2.18. The van der Waals surface area contributed by atoms with Gasteiger partial charge in [-0.25, -0.2) is 0 Å². The van der Waals surface area contributed by atoms with Crippen LogP contribution in [0.15, 0.2) is 30.3 Å². The molecule has 0 aliphatic rings. The number of benzene rings is 1. The summed E-state index contributed by atoms with van der Waals surface area (Å²) in [5, 5.41) is 9.70. The SMILES string of the molecule is CCOC(=O)C(N)CC(O)COCc1ccccc1. The number of hydrogen-bond donors (Lipinski definition) is 2. The van der Waals surface area contributed by atoms with E-state index in [2.05, 4.69) is 0 Å². The number of rotatable bonds is 8. The van der Waals surface area contributed by atoms with Gasteiger partial charge in [0.15, 0.2) is 0 Å². The van der Waals surface area contributed by atoms with Crippen LogP contribution in [0.5, 0.6) is 0 Å². The molecule has 5 nitrogen and oxygen atoms in total. The summed E-state index contributed by atoms with van der Waals surface area (Å²) >= 11 is 0. The minimum atomic E-state index is -0.810. The predicted octanol–water partition coefficient (Wildman–Crippen LogP) is 0.845. The number of ether oxygens (including phenoxy) is 2. The summed E-state index contributed by atoms with van der Waals surface area (Å²) in [5.74, 6) is -0.496. The average Bonchev–Trinajstić information content (AvgIpc) is 2.40. The van der Waals surface area contributed by atoms with Crippen LogP contribution in [0.3, 0.4) is 0 Å². The van der Waals surface area contributed by atoms with Crippen LogP contribution in [-0.2, 0) is 20.9 Å². The van der Waals surface area contributed by atoms with Crippen molar-refractivity contribution in [1.29, 1.82) is 0 Å². The van der Waals surface area contributed by atoms with Gasteiger partial charge >= 0.3 is 5.97 Å². The standard InChI is InChI=1S/C14H21NO4/c1-2-19-14(17)13(15)8-12(16)10-18-9-11-6-4-3-5-7-11/h3-7,12-13,16H,2,8-10,15H2,1H3. The second kappa shape index (κ2) is 8.63. The highest BCUT2D eigenvalue weighted by Crippen LogP contribution is 2.04. The number of esters is 1. The van der Waals surface area contributed by atoms with E-state index >= 15 is 0 Å². The van der Waals surface area contributed by atoms with Crippen LogP contribution in [0.4, 0.5) is 0 Å². The molecule has 106 valence electrons. The summed E-state index contributed by atoms with van der Waals surface area (Å²) in [7, 11) is 0. The van der Waals surface area contributed by atoms with Crippen molar-refractivity contribution in [2.75, 3.05) is 13.2 Å². The smallest absolute Gasteiger partial charge is 0.322 e. The number of carbonyl (C=O) groups excluding carboxylic acids is 1. The Morgan fingerprint density at radius 1 is 1.37 bits per heavy atom. The summed E-state index contributed by atoms with van der Waals surface area (Å²) in [6.45, 7) is 2.56. The van der Waals surface area contributed by atoms with Gasteiger partial charge in [0.25, 0.3) is 0 Å².